The molecule has 3 N–H and O–H groups in total. The first kappa shape index (κ1) is 36.8. The van der Waals surface area contributed by atoms with E-state index in [2.05, 4.69) is 15.2 Å². The number of nitrogens with two attached hydrogens (primary N) is 1. The van der Waals surface area contributed by atoms with Gasteiger partial charge in [0.1, 0.15) is 28.9 Å². The molecule has 2 aliphatic heterocycles. The highest BCUT2D eigenvalue weighted by Gasteiger charge is 2.36. The van der Waals surface area contributed by atoms with Gasteiger partial charge in [0.15, 0.2) is 0 Å². The number of anilines is 2. The van der Waals surface area contributed by atoms with Crippen LogP contribution < -0.4 is 26.2 Å². The number of piperidine rings is 2. The molecule has 4 aliphatic rings. The number of aromatic nitrogens is 4. The quantitative estimate of drug-likeness (QED) is 0.193. The number of carbonyl (C=O) groups is 3. The van der Waals surface area contributed by atoms with Crippen molar-refractivity contribution in [2.24, 2.45) is 11.7 Å². The average Bonchev–Trinajstić information content (AvgIpc) is 3.92. The van der Waals surface area contributed by atoms with Gasteiger partial charge >= 0.3 is 0 Å². The summed E-state index contributed by atoms with van der Waals surface area (Å²) in [4.78, 5) is 64.3. The van der Waals surface area contributed by atoms with E-state index in [1.807, 2.05) is 24.4 Å². The molecule has 0 bridgehead atoms. The van der Waals surface area contributed by atoms with E-state index in [1.54, 1.807) is 46.3 Å². The van der Waals surface area contributed by atoms with Crippen LogP contribution in [0.2, 0.25) is 0 Å². The normalized spacial score (nSPS) is 22.6. The van der Waals surface area contributed by atoms with E-state index in [9.17, 15) is 19.2 Å². The van der Waals surface area contributed by atoms with Crippen LogP contribution in [0.1, 0.15) is 118 Å². The Morgan fingerprint density at radius 3 is 2.45 bits per heavy atom. The minimum Gasteiger partial charge on any atom is -0.490 e. The molecule has 3 amide bonds. The summed E-state index contributed by atoms with van der Waals surface area (Å²) in [7, 11) is 0. The third kappa shape index (κ3) is 7.73. The number of halogens is 1. The van der Waals surface area contributed by atoms with E-state index in [4.69, 9.17) is 15.5 Å². The highest BCUT2D eigenvalue weighted by molar-refractivity contribution is 6.02. The summed E-state index contributed by atoms with van der Waals surface area (Å²) in [6.45, 7) is 6.54. The van der Waals surface area contributed by atoms with Crippen LogP contribution in [-0.4, -0.2) is 73.3 Å². The molecule has 0 spiro atoms. The van der Waals surface area contributed by atoms with Gasteiger partial charge in [0, 0.05) is 61.6 Å². The van der Waals surface area contributed by atoms with Gasteiger partial charge in [0.2, 0.25) is 11.8 Å². The average molecular weight is 753 g/mol. The zero-order valence-electron chi connectivity index (χ0n) is 31.5. The summed E-state index contributed by atoms with van der Waals surface area (Å²) in [6.07, 6.45) is 15.0. The molecule has 8 rings (SSSR count). The molecule has 290 valence electrons. The molecule has 55 heavy (non-hydrogen) atoms. The molecule has 2 aliphatic carbocycles. The number of nitrogens with zero attached hydrogens (tertiary/aromatic N) is 6. The zero-order valence-corrected chi connectivity index (χ0v) is 31.5. The van der Waals surface area contributed by atoms with Gasteiger partial charge in [-0.2, -0.15) is 0 Å². The number of hydrogen-bond donors (Lipinski definition) is 2. The lowest BCUT2D eigenvalue weighted by atomic mass is 9.80. The van der Waals surface area contributed by atoms with Gasteiger partial charge in [-0.05, 0) is 103 Å². The van der Waals surface area contributed by atoms with Crippen LogP contribution in [0.3, 0.4) is 0 Å². The van der Waals surface area contributed by atoms with Crippen LogP contribution in [-0.2, 0) is 9.59 Å². The predicted molar refractivity (Wildman–Crippen MR) is 204 cm³/mol. The number of rotatable bonds is 11. The molecule has 14 heteroatoms. The Kier molecular flexibility index (Phi) is 10.2. The summed E-state index contributed by atoms with van der Waals surface area (Å²) in [5, 5.41) is 2.39. The van der Waals surface area contributed by atoms with Crippen LogP contribution in [0.15, 0.2) is 53.8 Å². The Hall–Kier alpha value is -5.11. The number of imide groups is 1. The third-order valence-corrected chi connectivity index (χ3v) is 11.8. The van der Waals surface area contributed by atoms with Gasteiger partial charge in [0.05, 0.1) is 34.9 Å². The Balaban J connectivity index is 0.892. The number of hydrogen-bond acceptors (Lipinski definition) is 9. The van der Waals surface area contributed by atoms with Gasteiger partial charge in [0.25, 0.3) is 11.5 Å². The van der Waals surface area contributed by atoms with Gasteiger partial charge in [-0.15, -0.1) is 0 Å². The number of carbonyl (C=O) groups excluding carboxylic acids is 3. The first-order chi connectivity index (χ1) is 26.5. The van der Waals surface area contributed by atoms with Crippen LogP contribution >= 0.6 is 0 Å². The first-order valence-corrected chi connectivity index (χ1v) is 19.7. The molecule has 4 aromatic rings. The van der Waals surface area contributed by atoms with Crippen molar-refractivity contribution >= 4 is 34.7 Å². The number of likely N-dealkylation sites (tertiary alicyclic amines) is 1. The fourth-order valence-corrected chi connectivity index (χ4v) is 8.77. The molecule has 1 atom stereocenters. The molecule has 1 unspecified atom stereocenters. The van der Waals surface area contributed by atoms with Gasteiger partial charge in [-0.25, -0.2) is 9.37 Å². The number of nitrogens with one attached hydrogen (secondary N) is 1. The van der Waals surface area contributed by atoms with Gasteiger partial charge in [-0.1, -0.05) is 0 Å². The zero-order chi connectivity index (χ0) is 38.4. The lowest BCUT2D eigenvalue weighted by Crippen LogP contribution is -2.52. The van der Waals surface area contributed by atoms with Gasteiger partial charge in [-0.3, -0.25) is 29.5 Å². The summed E-state index contributed by atoms with van der Waals surface area (Å²) < 4.78 is 25.4. The van der Waals surface area contributed by atoms with Crippen LogP contribution in [0.4, 0.5) is 15.8 Å². The van der Waals surface area contributed by atoms with Crippen LogP contribution in [0.5, 0.6) is 5.75 Å². The minimum atomic E-state index is -0.848. The van der Waals surface area contributed by atoms with Crippen LogP contribution in [0.25, 0.3) is 5.65 Å². The maximum absolute atomic E-state index is 16.0. The second-order valence-electron chi connectivity index (χ2n) is 16.0. The molecule has 13 nitrogen and oxygen atoms in total. The third-order valence-electron chi connectivity index (χ3n) is 11.8. The lowest BCUT2D eigenvalue weighted by Gasteiger charge is -2.36. The van der Waals surface area contributed by atoms with E-state index in [0.29, 0.717) is 34.5 Å². The number of pyridine rings is 3. The fraction of sp³-hybridized carbons (Fsp3) is 0.512. The molecule has 4 fully saturated rings. The second-order valence-corrected chi connectivity index (χ2v) is 16.0. The number of amides is 3. The number of primary amides is 1. The molecule has 0 aromatic carbocycles. The van der Waals surface area contributed by atoms with E-state index >= 15 is 4.39 Å². The number of ether oxygens (including phenoxy) is 1. The molecular formula is C41H49FN8O5. The van der Waals surface area contributed by atoms with Crippen LogP contribution in [0, 0.1) is 11.7 Å². The Morgan fingerprint density at radius 2 is 1.78 bits per heavy atom. The highest BCUT2D eigenvalue weighted by Crippen LogP contribution is 2.39. The molecule has 6 heterocycles. The van der Waals surface area contributed by atoms with E-state index in [1.165, 1.54) is 6.07 Å². The topological polar surface area (TPSA) is 157 Å². The van der Waals surface area contributed by atoms with Crippen molar-refractivity contribution < 1.29 is 23.5 Å². The summed E-state index contributed by atoms with van der Waals surface area (Å²) in [5.41, 5.74) is 8.49. The Bertz CT molecular complexity index is 2160. The smallest absolute Gasteiger partial charge is 0.274 e. The SMILES string of the molecule is CC(C)Oc1cc2nc(C3CCC(CN4CCC(c5ncc(N(c6cccn(C7CC7)c6=O)C6CCC(=O)NC6=O)cc5F)CC4)CC3)cn2cc1C(N)=O. The van der Waals surface area contributed by atoms with Crippen molar-refractivity contribution in [2.75, 3.05) is 24.5 Å². The molecule has 0 radical (unpaired) electrons. The predicted octanol–water partition coefficient (Wildman–Crippen LogP) is 5.35. The first-order valence-electron chi connectivity index (χ1n) is 19.7. The van der Waals surface area contributed by atoms with E-state index in [0.717, 1.165) is 82.3 Å². The molecule has 2 saturated carbocycles. The van der Waals surface area contributed by atoms with Crippen molar-refractivity contribution in [3.8, 4) is 5.75 Å². The summed E-state index contributed by atoms with van der Waals surface area (Å²) >= 11 is 0. The standard InChI is InChI=1S/C41H49FN8O5/c1-24(2)55-35-19-36-45-32(23-48(36)22-30(35)39(43)52)26-7-5-25(6-8-26)21-47-16-13-27(14-17-47)38-31(42)18-29(20-44-38)50(33-11-12-37(51)46-40(33)53)34-4-3-15-49(41(34)54)28-9-10-28/h3-4,15,18-20,22-28,33H,5-14,16-17,21H2,1-2H3,(H2,43,52)(H,46,51,53). The monoisotopic (exact) mass is 752 g/mol. The van der Waals surface area contributed by atoms with Gasteiger partial charge < -0.3 is 29.2 Å². The fourth-order valence-electron chi connectivity index (χ4n) is 8.77. The number of fused-ring (bicyclic) bond motifs is 1. The Labute approximate surface area is 319 Å². The Morgan fingerprint density at radius 1 is 1.02 bits per heavy atom. The van der Waals surface area contributed by atoms with Crippen molar-refractivity contribution in [1.29, 1.82) is 0 Å². The molecule has 2 saturated heterocycles. The van der Waals surface area contributed by atoms with Crippen molar-refractivity contribution in [2.45, 2.75) is 108 Å². The van der Waals surface area contributed by atoms with Crippen molar-refractivity contribution in [3.63, 3.8) is 0 Å². The summed E-state index contributed by atoms with van der Waals surface area (Å²) in [6, 6.07) is 5.89. The maximum Gasteiger partial charge on any atom is 0.274 e. The summed E-state index contributed by atoms with van der Waals surface area (Å²) in [5.74, 6) is -0.517. The van der Waals surface area contributed by atoms with Crippen molar-refractivity contribution in [3.05, 3.63) is 82.2 Å². The van der Waals surface area contributed by atoms with E-state index < -0.39 is 23.7 Å². The maximum atomic E-state index is 16.0. The second kappa shape index (κ2) is 15.2. The number of imidazole rings is 1. The minimum absolute atomic E-state index is 0.0366. The van der Waals surface area contributed by atoms with Crippen molar-refractivity contribution in [1.82, 2.24) is 29.2 Å². The molecular weight excluding hydrogens is 704 g/mol. The van der Waals surface area contributed by atoms with E-state index in [-0.39, 0.29) is 48.1 Å². The lowest BCUT2D eigenvalue weighted by molar-refractivity contribution is -0.134. The highest BCUT2D eigenvalue weighted by atomic mass is 19.1. The largest absolute Gasteiger partial charge is 0.490 e. The molecule has 4 aromatic heterocycles.